The third kappa shape index (κ3) is 2.77. The van der Waals surface area contributed by atoms with Gasteiger partial charge in [-0.1, -0.05) is 0 Å². The van der Waals surface area contributed by atoms with E-state index in [9.17, 15) is 18.0 Å². The molecule has 0 saturated carbocycles. The molecule has 94 valence electrons. The number of alkyl halides is 3. The Morgan fingerprint density at radius 3 is 2.82 bits per heavy atom. The molecule has 0 bridgehead atoms. The van der Waals surface area contributed by atoms with Crippen LogP contribution in [0.1, 0.15) is 33.8 Å². The summed E-state index contributed by atoms with van der Waals surface area (Å²) in [5.74, 6) is -1.62. The van der Waals surface area contributed by atoms with Crippen molar-refractivity contribution in [2.75, 3.05) is 0 Å². The molecule has 1 N–H and O–H groups in total. The number of aryl methyl sites for hydroxylation is 1. The Bertz CT molecular complexity index is 441. The number of hydrogen-bond donors (Lipinski definition) is 1. The minimum atomic E-state index is -4.19. The average molecular weight is 265 g/mol. The summed E-state index contributed by atoms with van der Waals surface area (Å²) < 4.78 is 40.8. The molecule has 0 spiro atoms. The predicted octanol–water partition coefficient (Wildman–Crippen LogP) is 2.90. The second kappa shape index (κ2) is 4.29. The number of aromatic nitrogens is 1. The van der Waals surface area contributed by atoms with Crippen molar-refractivity contribution in [1.82, 2.24) is 4.37 Å². The Morgan fingerprint density at radius 1 is 1.53 bits per heavy atom. The van der Waals surface area contributed by atoms with Gasteiger partial charge in [-0.25, -0.2) is 4.79 Å². The number of rotatable bonds is 2. The van der Waals surface area contributed by atoms with E-state index >= 15 is 0 Å². The first-order chi connectivity index (χ1) is 7.87. The van der Waals surface area contributed by atoms with Crippen LogP contribution in [0.3, 0.4) is 0 Å². The molecule has 1 aromatic rings. The molecule has 1 aliphatic rings. The highest BCUT2D eigenvalue weighted by Crippen LogP contribution is 2.36. The molecule has 1 unspecified atom stereocenters. The molecule has 1 aromatic heterocycles. The summed E-state index contributed by atoms with van der Waals surface area (Å²) >= 11 is 0.863. The van der Waals surface area contributed by atoms with E-state index in [4.69, 9.17) is 5.11 Å². The highest BCUT2D eigenvalue weighted by atomic mass is 32.1. The first-order valence-corrected chi connectivity index (χ1v) is 5.91. The lowest BCUT2D eigenvalue weighted by atomic mass is 9.84. The standard InChI is InChI=1S/C10H10F3NO2S/c11-10(12,13)4-5-1-2-7-6(3-5)8(9(15)16)17-14-7/h5H,1-4H2,(H,15,16). The van der Waals surface area contributed by atoms with Gasteiger partial charge in [0.05, 0.1) is 5.69 Å². The maximum absolute atomic E-state index is 12.3. The molecule has 1 aliphatic carbocycles. The number of carbonyl (C=O) groups is 1. The molecule has 3 nitrogen and oxygen atoms in total. The molecular weight excluding hydrogens is 255 g/mol. The SMILES string of the molecule is O=C(O)c1snc2c1CC(CC(F)(F)F)CC2. The Kier molecular flexibility index (Phi) is 3.11. The van der Waals surface area contributed by atoms with Crippen molar-refractivity contribution in [3.63, 3.8) is 0 Å². The third-order valence-corrected chi connectivity index (χ3v) is 3.78. The fraction of sp³-hybridized carbons (Fsp3) is 0.600. The van der Waals surface area contributed by atoms with Crippen molar-refractivity contribution < 1.29 is 23.1 Å². The Morgan fingerprint density at radius 2 is 2.24 bits per heavy atom. The lowest BCUT2D eigenvalue weighted by Gasteiger charge is -2.22. The number of hydrogen-bond acceptors (Lipinski definition) is 3. The Labute approximate surface area is 99.4 Å². The monoisotopic (exact) mass is 265 g/mol. The van der Waals surface area contributed by atoms with Crippen molar-refractivity contribution in [2.24, 2.45) is 5.92 Å². The van der Waals surface area contributed by atoms with Crippen LogP contribution in [0.15, 0.2) is 0 Å². The topological polar surface area (TPSA) is 50.2 Å². The first-order valence-electron chi connectivity index (χ1n) is 5.14. The van der Waals surface area contributed by atoms with Gasteiger partial charge >= 0.3 is 12.1 Å². The van der Waals surface area contributed by atoms with Gasteiger partial charge in [0.1, 0.15) is 4.88 Å². The zero-order valence-corrected chi connectivity index (χ0v) is 9.57. The average Bonchev–Trinajstić information content (AvgIpc) is 2.57. The molecule has 17 heavy (non-hydrogen) atoms. The molecule has 2 rings (SSSR count). The highest BCUT2D eigenvalue weighted by molar-refractivity contribution is 7.08. The Hall–Kier alpha value is -1.11. The fourth-order valence-electron chi connectivity index (χ4n) is 2.15. The molecule has 0 radical (unpaired) electrons. The first kappa shape index (κ1) is 12.3. The van der Waals surface area contributed by atoms with Gasteiger partial charge in [0, 0.05) is 12.0 Å². The van der Waals surface area contributed by atoms with Gasteiger partial charge in [-0.05, 0) is 36.7 Å². The van der Waals surface area contributed by atoms with E-state index in [1.165, 1.54) is 0 Å². The van der Waals surface area contributed by atoms with Gasteiger partial charge in [0.15, 0.2) is 0 Å². The van der Waals surface area contributed by atoms with Gasteiger partial charge in [-0.2, -0.15) is 17.5 Å². The molecule has 1 heterocycles. The van der Waals surface area contributed by atoms with Crippen molar-refractivity contribution in [2.45, 2.75) is 31.9 Å². The second-order valence-electron chi connectivity index (χ2n) is 4.17. The van der Waals surface area contributed by atoms with Gasteiger partial charge in [-0.15, -0.1) is 0 Å². The van der Waals surface area contributed by atoms with E-state index in [0.717, 1.165) is 11.5 Å². The summed E-state index contributed by atoms with van der Waals surface area (Å²) in [7, 11) is 0. The van der Waals surface area contributed by atoms with Crippen molar-refractivity contribution >= 4 is 17.5 Å². The summed E-state index contributed by atoms with van der Waals surface area (Å²) in [6, 6.07) is 0. The van der Waals surface area contributed by atoms with Crippen LogP contribution in [-0.4, -0.2) is 21.6 Å². The maximum Gasteiger partial charge on any atom is 0.389 e. The molecule has 0 fully saturated rings. The minimum absolute atomic E-state index is 0.0897. The molecule has 1 atom stereocenters. The van der Waals surface area contributed by atoms with E-state index < -0.39 is 24.5 Å². The second-order valence-corrected chi connectivity index (χ2v) is 4.94. The number of fused-ring (bicyclic) bond motifs is 1. The summed E-state index contributed by atoms with van der Waals surface area (Å²) in [6.45, 7) is 0. The molecule has 0 aromatic carbocycles. The number of halogens is 3. The Balaban J connectivity index is 2.17. The van der Waals surface area contributed by atoms with Crippen LogP contribution in [-0.2, 0) is 12.8 Å². The van der Waals surface area contributed by atoms with E-state index in [2.05, 4.69) is 4.37 Å². The molecule has 7 heteroatoms. The smallest absolute Gasteiger partial charge is 0.389 e. The van der Waals surface area contributed by atoms with E-state index in [1.807, 2.05) is 0 Å². The van der Waals surface area contributed by atoms with Gasteiger partial charge < -0.3 is 5.11 Å². The van der Waals surface area contributed by atoms with Crippen LogP contribution in [0.4, 0.5) is 13.2 Å². The van der Waals surface area contributed by atoms with Gasteiger partial charge in [0.25, 0.3) is 0 Å². The zero-order chi connectivity index (χ0) is 12.6. The summed E-state index contributed by atoms with van der Waals surface area (Å²) in [5.41, 5.74) is 1.16. The van der Waals surface area contributed by atoms with Crippen LogP contribution < -0.4 is 0 Å². The number of carboxylic acid groups (broad SMARTS) is 1. The third-order valence-electron chi connectivity index (χ3n) is 2.87. The molecule has 0 aliphatic heterocycles. The zero-order valence-electron chi connectivity index (χ0n) is 8.75. The van der Waals surface area contributed by atoms with Crippen LogP contribution in [0.5, 0.6) is 0 Å². The lowest BCUT2D eigenvalue weighted by molar-refractivity contribution is -0.145. The minimum Gasteiger partial charge on any atom is -0.477 e. The van der Waals surface area contributed by atoms with Crippen LogP contribution in [0.2, 0.25) is 0 Å². The molecule has 0 amide bonds. The number of nitrogens with zero attached hydrogens (tertiary/aromatic N) is 1. The normalized spacial score (nSPS) is 20.1. The van der Waals surface area contributed by atoms with Crippen LogP contribution in [0.25, 0.3) is 0 Å². The number of aromatic carboxylic acids is 1. The van der Waals surface area contributed by atoms with E-state index in [-0.39, 0.29) is 11.3 Å². The maximum atomic E-state index is 12.3. The van der Waals surface area contributed by atoms with E-state index in [1.54, 1.807) is 0 Å². The van der Waals surface area contributed by atoms with E-state index in [0.29, 0.717) is 24.1 Å². The van der Waals surface area contributed by atoms with Crippen molar-refractivity contribution in [3.05, 3.63) is 16.1 Å². The predicted molar refractivity (Wildman–Crippen MR) is 55.3 cm³/mol. The lowest BCUT2D eigenvalue weighted by Crippen LogP contribution is -2.22. The quantitative estimate of drug-likeness (QED) is 0.894. The van der Waals surface area contributed by atoms with Crippen molar-refractivity contribution in [3.8, 4) is 0 Å². The highest BCUT2D eigenvalue weighted by Gasteiger charge is 2.35. The van der Waals surface area contributed by atoms with Gasteiger partial charge in [-0.3, -0.25) is 0 Å². The fourth-order valence-corrected chi connectivity index (χ4v) is 2.94. The number of carboxylic acids is 1. The summed E-state index contributed by atoms with van der Waals surface area (Å²) in [4.78, 5) is 11.0. The van der Waals surface area contributed by atoms with Crippen LogP contribution >= 0.6 is 11.5 Å². The largest absolute Gasteiger partial charge is 0.477 e. The summed E-state index contributed by atoms with van der Waals surface area (Å²) in [5, 5.41) is 8.90. The van der Waals surface area contributed by atoms with Crippen LogP contribution in [0, 0.1) is 5.92 Å². The molecular formula is C10H10F3NO2S. The van der Waals surface area contributed by atoms with Gasteiger partial charge in [0.2, 0.25) is 0 Å². The molecule has 0 saturated heterocycles. The van der Waals surface area contributed by atoms with Crippen molar-refractivity contribution in [1.29, 1.82) is 0 Å². The summed E-state index contributed by atoms with van der Waals surface area (Å²) in [6.07, 6.45) is -3.99.